The lowest BCUT2D eigenvalue weighted by molar-refractivity contribution is -0.116. The van der Waals surface area contributed by atoms with E-state index in [1.165, 1.54) is 16.5 Å². The van der Waals surface area contributed by atoms with Crippen LogP contribution in [0.15, 0.2) is 47.5 Å². The summed E-state index contributed by atoms with van der Waals surface area (Å²) in [5.41, 5.74) is 4.63. The number of nitrogens with zero attached hydrogens (tertiary/aromatic N) is 2. The first-order chi connectivity index (χ1) is 12.0. The number of para-hydroxylation sites is 1. The lowest BCUT2D eigenvalue weighted by Gasteiger charge is -2.13. The number of fused-ring (bicyclic) bond motifs is 1. The van der Waals surface area contributed by atoms with E-state index in [1.807, 2.05) is 45.0 Å². The first kappa shape index (κ1) is 16.9. The van der Waals surface area contributed by atoms with Crippen molar-refractivity contribution in [3.8, 4) is 0 Å². The molecule has 5 heteroatoms. The molecule has 0 radical (unpaired) electrons. The minimum Gasteiger partial charge on any atom is -0.326 e. The predicted octanol–water partition coefficient (Wildman–Crippen LogP) is 3.35. The highest BCUT2D eigenvalue weighted by molar-refractivity contribution is 5.92. The number of rotatable bonds is 4. The molecule has 0 bridgehead atoms. The van der Waals surface area contributed by atoms with Gasteiger partial charge in [0.1, 0.15) is 0 Å². The molecule has 5 nitrogen and oxygen atoms in total. The molecule has 0 fully saturated rings. The summed E-state index contributed by atoms with van der Waals surface area (Å²) in [7, 11) is 0. The maximum absolute atomic E-state index is 12.4. The maximum atomic E-state index is 12.4. The van der Waals surface area contributed by atoms with Crippen molar-refractivity contribution in [1.82, 2.24) is 9.55 Å². The van der Waals surface area contributed by atoms with Crippen molar-refractivity contribution in [3.05, 3.63) is 69.8 Å². The molecule has 3 aromatic rings. The van der Waals surface area contributed by atoms with Crippen molar-refractivity contribution >= 4 is 22.5 Å². The second-order valence-corrected chi connectivity index (χ2v) is 6.33. The van der Waals surface area contributed by atoms with Gasteiger partial charge in [-0.2, -0.15) is 0 Å². The number of aryl methyl sites for hydroxylation is 4. The molecule has 0 spiro atoms. The molecule has 25 heavy (non-hydrogen) atoms. The van der Waals surface area contributed by atoms with Crippen LogP contribution in [-0.4, -0.2) is 15.5 Å². The third-order valence-corrected chi connectivity index (χ3v) is 4.25. The fraction of sp³-hybridized carbons (Fsp3) is 0.250. The maximum Gasteiger partial charge on any atom is 0.261 e. The zero-order chi connectivity index (χ0) is 18.0. The van der Waals surface area contributed by atoms with E-state index in [9.17, 15) is 9.59 Å². The molecule has 128 valence electrons. The number of amides is 1. The first-order valence-corrected chi connectivity index (χ1v) is 8.27. The fourth-order valence-electron chi connectivity index (χ4n) is 3.07. The monoisotopic (exact) mass is 335 g/mol. The summed E-state index contributed by atoms with van der Waals surface area (Å²) in [6.45, 7) is 6.29. The van der Waals surface area contributed by atoms with Crippen molar-refractivity contribution in [2.24, 2.45) is 0 Å². The number of aromatic nitrogens is 2. The van der Waals surface area contributed by atoms with Crippen LogP contribution >= 0.6 is 0 Å². The van der Waals surface area contributed by atoms with E-state index in [2.05, 4.69) is 10.3 Å². The largest absolute Gasteiger partial charge is 0.326 e. The molecule has 0 saturated heterocycles. The number of carbonyl (C=O) groups excluding carboxylic acids is 1. The summed E-state index contributed by atoms with van der Waals surface area (Å²) in [5, 5.41) is 3.52. The number of anilines is 1. The van der Waals surface area contributed by atoms with Gasteiger partial charge in [-0.05, 0) is 44.0 Å². The summed E-state index contributed by atoms with van der Waals surface area (Å²) in [6, 6.07) is 11.3. The Bertz CT molecular complexity index is 982. The molecule has 0 aliphatic rings. The van der Waals surface area contributed by atoms with Crippen molar-refractivity contribution in [2.75, 3.05) is 5.32 Å². The van der Waals surface area contributed by atoms with Gasteiger partial charge in [-0.25, -0.2) is 4.98 Å². The average molecular weight is 335 g/mol. The normalized spacial score (nSPS) is 10.8. The highest BCUT2D eigenvalue weighted by atomic mass is 16.2. The Morgan fingerprint density at radius 1 is 1.12 bits per heavy atom. The van der Waals surface area contributed by atoms with Gasteiger partial charge in [-0.15, -0.1) is 0 Å². The molecule has 0 saturated carbocycles. The smallest absolute Gasteiger partial charge is 0.261 e. The Hall–Kier alpha value is -2.95. The van der Waals surface area contributed by atoms with E-state index in [1.54, 1.807) is 12.1 Å². The van der Waals surface area contributed by atoms with Gasteiger partial charge >= 0.3 is 0 Å². The van der Waals surface area contributed by atoms with Crippen LogP contribution < -0.4 is 10.9 Å². The quantitative estimate of drug-likeness (QED) is 0.795. The molecule has 1 amide bonds. The van der Waals surface area contributed by atoms with Gasteiger partial charge in [0.15, 0.2) is 0 Å². The van der Waals surface area contributed by atoms with Crippen molar-refractivity contribution in [3.63, 3.8) is 0 Å². The molecule has 2 aromatic carbocycles. The molecule has 3 rings (SSSR count). The van der Waals surface area contributed by atoms with Crippen LogP contribution in [0.4, 0.5) is 5.69 Å². The Balaban J connectivity index is 1.73. The van der Waals surface area contributed by atoms with Gasteiger partial charge in [0.2, 0.25) is 5.91 Å². The van der Waals surface area contributed by atoms with E-state index in [4.69, 9.17) is 0 Å². The second-order valence-electron chi connectivity index (χ2n) is 6.33. The van der Waals surface area contributed by atoms with E-state index in [0.29, 0.717) is 17.4 Å². The zero-order valence-corrected chi connectivity index (χ0v) is 14.7. The highest BCUT2D eigenvalue weighted by Crippen LogP contribution is 2.22. The summed E-state index contributed by atoms with van der Waals surface area (Å²) >= 11 is 0. The van der Waals surface area contributed by atoms with Crippen LogP contribution in [-0.2, 0) is 11.3 Å². The minimum atomic E-state index is -0.124. The molecule has 1 aromatic heterocycles. The Kier molecular flexibility index (Phi) is 4.65. The molecule has 0 atom stereocenters. The van der Waals surface area contributed by atoms with E-state index < -0.39 is 0 Å². The van der Waals surface area contributed by atoms with Gasteiger partial charge < -0.3 is 5.32 Å². The van der Waals surface area contributed by atoms with Crippen molar-refractivity contribution < 1.29 is 4.79 Å². The van der Waals surface area contributed by atoms with Crippen LogP contribution in [0.3, 0.4) is 0 Å². The third kappa shape index (κ3) is 3.60. The van der Waals surface area contributed by atoms with E-state index in [-0.39, 0.29) is 17.9 Å². The number of benzene rings is 2. The molecule has 0 aliphatic carbocycles. The van der Waals surface area contributed by atoms with Crippen LogP contribution in [0.2, 0.25) is 0 Å². The van der Waals surface area contributed by atoms with Gasteiger partial charge in [-0.1, -0.05) is 29.8 Å². The SMILES string of the molecule is Cc1cc(C)c(NC(=O)CCn2cnc3ccccc3c2=O)c(C)c1. The standard InChI is InChI=1S/C20H21N3O2/c1-13-10-14(2)19(15(3)11-13)22-18(24)8-9-23-12-21-17-7-5-4-6-16(17)20(23)25/h4-7,10-12H,8-9H2,1-3H3,(H,22,24). The number of hydrogen-bond acceptors (Lipinski definition) is 3. The van der Waals surface area contributed by atoms with Crippen LogP contribution in [0.1, 0.15) is 23.1 Å². The van der Waals surface area contributed by atoms with Gasteiger partial charge in [-0.3, -0.25) is 14.2 Å². The minimum absolute atomic E-state index is 0.116. The Morgan fingerprint density at radius 2 is 1.80 bits per heavy atom. The van der Waals surface area contributed by atoms with Crippen molar-refractivity contribution in [2.45, 2.75) is 33.7 Å². The molecule has 0 aliphatic heterocycles. The van der Waals surface area contributed by atoms with Gasteiger partial charge in [0.05, 0.1) is 17.2 Å². The zero-order valence-electron chi connectivity index (χ0n) is 14.7. The van der Waals surface area contributed by atoms with Crippen LogP contribution in [0.25, 0.3) is 10.9 Å². The summed E-state index contributed by atoms with van der Waals surface area (Å²) in [5.74, 6) is -0.116. The van der Waals surface area contributed by atoms with Crippen LogP contribution in [0, 0.1) is 20.8 Å². The summed E-state index contributed by atoms with van der Waals surface area (Å²) in [4.78, 5) is 29.0. The topological polar surface area (TPSA) is 64.0 Å². The van der Waals surface area contributed by atoms with Gasteiger partial charge in [0, 0.05) is 18.7 Å². The number of nitrogens with one attached hydrogen (secondary N) is 1. The first-order valence-electron chi connectivity index (χ1n) is 8.27. The lowest BCUT2D eigenvalue weighted by atomic mass is 10.1. The molecular weight excluding hydrogens is 314 g/mol. The summed E-state index contributed by atoms with van der Waals surface area (Å²) in [6.07, 6.45) is 1.72. The molecule has 1 heterocycles. The highest BCUT2D eigenvalue weighted by Gasteiger charge is 2.10. The van der Waals surface area contributed by atoms with E-state index in [0.717, 1.165) is 16.8 Å². The average Bonchev–Trinajstić information content (AvgIpc) is 2.58. The molecular formula is C20H21N3O2. The lowest BCUT2D eigenvalue weighted by Crippen LogP contribution is -2.24. The van der Waals surface area contributed by atoms with Gasteiger partial charge in [0.25, 0.3) is 5.56 Å². The number of carbonyl (C=O) groups is 1. The third-order valence-electron chi connectivity index (χ3n) is 4.25. The van der Waals surface area contributed by atoms with E-state index >= 15 is 0 Å². The Labute approximate surface area is 146 Å². The molecule has 0 unspecified atom stereocenters. The molecule has 1 N–H and O–H groups in total. The second kappa shape index (κ2) is 6.89. The predicted molar refractivity (Wildman–Crippen MR) is 99.9 cm³/mol. The fourth-order valence-corrected chi connectivity index (χ4v) is 3.07. The summed E-state index contributed by atoms with van der Waals surface area (Å²) < 4.78 is 1.48. The number of hydrogen-bond donors (Lipinski definition) is 1. The van der Waals surface area contributed by atoms with Crippen LogP contribution in [0.5, 0.6) is 0 Å². The Morgan fingerprint density at radius 3 is 2.52 bits per heavy atom. The van der Waals surface area contributed by atoms with Crippen molar-refractivity contribution in [1.29, 1.82) is 0 Å².